The van der Waals surface area contributed by atoms with Crippen molar-refractivity contribution in [2.75, 3.05) is 13.7 Å². The molecule has 0 aliphatic carbocycles. The predicted molar refractivity (Wildman–Crippen MR) is 70.1 cm³/mol. The molecule has 1 aromatic carbocycles. The van der Waals surface area contributed by atoms with Gasteiger partial charge in [0, 0.05) is 19.4 Å². The SMILES string of the molecule is COc1ccc(Cc2noc(CCCCO)n2)cc1. The minimum Gasteiger partial charge on any atom is -0.497 e. The van der Waals surface area contributed by atoms with Gasteiger partial charge < -0.3 is 14.4 Å². The third-order valence-electron chi connectivity index (χ3n) is 2.83. The van der Waals surface area contributed by atoms with Gasteiger partial charge in [0.2, 0.25) is 5.89 Å². The molecular formula is C14H18N2O3. The fourth-order valence-corrected chi connectivity index (χ4v) is 1.78. The number of aliphatic hydroxyl groups is 1. The van der Waals surface area contributed by atoms with Crippen molar-refractivity contribution < 1.29 is 14.4 Å². The Bertz CT molecular complexity index is 494. The van der Waals surface area contributed by atoms with Crippen LogP contribution < -0.4 is 4.74 Å². The lowest BCUT2D eigenvalue weighted by Gasteiger charge is -2.00. The molecule has 0 spiro atoms. The lowest BCUT2D eigenvalue weighted by atomic mass is 10.1. The Hall–Kier alpha value is -1.88. The maximum Gasteiger partial charge on any atom is 0.226 e. The van der Waals surface area contributed by atoms with Gasteiger partial charge in [-0.05, 0) is 30.5 Å². The minimum atomic E-state index is 0.201. The summed E-state index contributed by atoms with van der Waals surface area (Å²) in [6.07, 6.45) is 2.99. The monoisotopic (exact) mass is 262 g/mol. The van der Waals surface area contributed by atoms with Crippen LogP contribution in [0, 0.1) is 0 Å². The van der Waals surface area contributed by atoms with Crippen molar-refractivity contribution in [3.05, 3.63) is 41.5 Å². The van der Waals surface area contributed by atoms with E-state index in [0.29, 0.717) is 18.1 Å². The Kier molecular flexibility index (Phi) is 4.92. The molecule has 0 aliphatic rings. The highest BCUT2D eigenvalue weighted by Gasteiger charge is 2.07. The Balaban J connectivity index is 1.91. The first-order valence-electron chi connectivity index (χ1n) is 6.37. The average Bonchev–Trinajstić information content (AvgIpc) is 2.88. The summed E-state index contributed by atoms with van der Waals surface area (Å²) in [6, 6.07) is 7.80. The summed E-state index contributed by atoms with van der Waals surface area (Å²) < 4.78 is 10.3. The van der Waals surface area contributed by atoms with Gasteiger partial charge in [0.1, 0.15) is 5.75 Å². The highest BCUT2D eigenvalue weighted by molar-refractivity contribution is 5.28. The molecule has 0 amide bonds. The smallest absolute Gasteiger partial charge is 0.226 e. The van der Waals surface area contributed by atoms with Gasteiger partial charge in [0.25, 0.3) is 0 Å². The molecule has 0 bridgehead atoms. The number of nitrogens with zero attached hydrogens (tertiary/aromatic N) is 2. The van der Waals surface area contributed by atoms with Crippen LogP contribution in [0.15, 0.2) is 28.8 Å². The van der Waals surface area contributed by atoms with Crippen molar-refractivity contribution in [3.8, 4) is 5.75 Å². The molecule has 1 heterocycles. The second-order valence-corrected chi connectivity index (χ2v) is 4.31. The van der Waals surface area contributed by atoms with E-state index in [2.05, 4.69) is 10.1 Å². The minimum absolute atomic E-state index is 0.201. The Labute approximate surface area is 112 Å². The maximum absolute atomic E-state index is 8.71. The van der Waals surface area contributed by atoms with Crippen molar-refractivity contribution in [2.45, 2.75) is 25.7 Å². The summed E-state index contributed by atoms with van der Waals surface area (Å²) in [5.74, 6) is 2.16. The maximum atomic E-state index is 8.71. The molecule has 0 radical (unpaired) electrons. The van der Waals surface area contributed by atoms with E-state index >= 15 is 0 Å². The summed E-state index contributed by atoms with van der Waals surface area (Å²) in [7, 11) is 1.65. The molecule has 5 heteroatoms. The van der Waals surface area contributed by atoms with E-state index in [1.807, 2.05) is 24.3 Å². The first-order chi connectivity index (χ1) is 9.31. The summed E-state index contributed by atoms with van der Waals surface area (Å²) >= 11 is 0. The second-order valence-electron chi connectivity index (χ2n) is 4.31. The molecular weight excluding hydrogens is 244 g/mol. The number of aromatic nitrogens is 2. The molecule has 19 heavy (non-hydrogen) atoms. The number of rotatable bonds is 7. The number of hydrogen-bond donors (Lipinski definition) is 1. The zero-order chi connectivity index (χ0) is 13.5. The van der Waals surface area contributed by atoms with Gasteiger partial charge >= 0.3 is 0 Å². The van der Waals surface area contributed by atoms with E-state index in [4.69, 9.17) is 14.4 Å². The first kappa shape index (κ1) is 13.5. The normalized spacial score (nSPS) is 10.6. The zero-order valence-electron chi connectivity index (χ0n) is 11.0. The van der Waals surface area contributed by atoms with E-state index in [1.165, 1.54) is 0 Å². The lowest BCUT2D eigenvalue weighted by molar-refractivity contribution is 0.280. The van der Waals surface area contributed by atoms with Crippen LogP contribution in [-0.2, 0) is 12.8 Å². The fourth-order valence-electron chi connectivity index (χ4n) is 1.78. The van der Waals surface area contributed by atoms with E-state index in [-0.39, 0.29) is 6.61 Å². The Morgan fingerprint density at radius 3 is 2.68 bits per heavy atom. The average molecular weight is 262 g/mol. The molecule has 0 saturated heterocycles. The van der Waals surface area contributed by atoms with E-state index in [0.717, 1.165) is 30.6 Å². The molecule has 0 fully saturated rings. The van der Waals surface area contributed by atoms with Crippen LogP contribution in [0.25, 0.3) is 0 Å². The number of unbranched alkanes of at least 4 members (excludes halogenated alkanes) is 1. The molecule has 1 N–H and O–H groups in total. The van der Waals surface area contributed by atoms with Crippen LogP contribution in [0.4, 0.5) is 0 Å². The summed E-state index contributed by atoms with van der Waals surface area (Å²) in [4.78, 5) is 4.33. The topological polar surface area (TPSA) is 68.4 Å². The zero-order valence-corrected chi connectivity index (χ0v) is 11.0. The van der Waals surface area contributed by atoms with Crippen molar-refractivity contribution in [1.82, 2.24) is 10.1 Å². The summed E-state index contributed by atoms with van der Waals surface area (Å²) in [5, 5.41) is 12.7. The van der Waals surface area contributed by atoms with Crippen LogP contribution in [0.1, 0.15) is 30.1 Å². The van der Waals surface area contributed by atoms with Crippen LogP contribution in [0.2, 0.25) is 0 Å². The van der Waals surface area contributed by atoms with Gasteiger partial charge in [-0.25, -0.2) is 0 Å². The molecule has 0 saturated carbocycles. The molecule has 0 aliphatic heterocycles. The molecule has 2 rings (SSSR count). The lowest BCUT2D eigenvalue weighted by Crippen LogP contribution is -1.93. The highest BCUT2D eigenvalue weighted by Crippen LogP contribution is 2.14. The van der Waals surface area contributed by atoms with Crippen molar-refractivity contribution in [3.63, 3.8) is 0 Å². The van der Waals surface area contributed by atoms with Crippen LogP contribution in [-0.4, -0.2) is 29.0 Å². The second kappa shape index (κ2) is 6.89. The number of aliphatic hydroxyl groups excluding tert-OH is 1. The molecule has 102 valence electrons. The quantitative estimate of drug-likeness (QED) is 0.773. The first-order valence-corrected chi connectivity index (χ1v) is 6.37. The number of ether oxygens (including phenoxy) is 1. The highest BCUT2D eigenvalue weighted by atomic mass is 16.5. The third-order valence-corrected chi connectivity index (χ3v) is 2.83. The largest absolute Gasteiger partial charge is 0.497 e. The van der Waals surface area contributed by atoms with Gasteiger partial charge in [-0.1, -0.05) is 17.3 Å². The number of benzene rings is 1. The standard InChI is InChI=1S/C14H18N2O3/c1-18-12-7-5-11(6-8-12)10-13-15-14(19-16-13)4-2-3-9-17/h5-8,17H,2-4,9-10H2,1H3. The van der Waals surface area contributed by atoms with E-state index in [1.54, 1.807) is 7.11 Å². The van der Waals surface area contributed by atoms with E-state index in [9.17, 15) is 0 Å². The fraction of sp³-hybridized carbons (Fsp3) is 0.429. The van der Waals surface area contributed by atoms with Gasteiger partial charge in [-0.2, -0.15) is 4.98 Å². The third kappa shape index (κ3) is 4.06. The van der Waals surface area contributed by atoms with Gasteiger partial charge in [-0.3, -0.25) is 0 Å². The molecule has 0 unspecified atom stereocenters. The van der Waals surface area contributed by atoms with Crippen molar-refractivity contribution >= 4 is 0 Å². The molecule has 5 nitrogen and oxygen atoms in total. The molecule has 0 atom stereocenters. The molecule has 1 aromatic heterocycles. The van der Waals surface area contributed by atoms with E-state index < -0.39 is 0 Å². The Morgan fingerprint density at radius 2 is 2.00 bits per heavy atom. The predicted octanol–water partition coefficient (Wildman–Crippen LogP) is 1.98. The van der Waals surface area contributed by atoms with Crippen molar-refractivity contribution in [2.24, 2.45) is 0 Å². The van der Waals surface area contributed by atoms with Crippen LogP contribution in [0.5, 0.6) is 5.75 Å². The van der Waals surface area contributed by atoms with Gasteiger partial charge in [0.15, 0.2) is 5.82 Å². The Morgan fingerprint density at radius 1 is 1.21 bits per heavy atom. The van der Waals surface area contributed by atoms with Crippen LogP contribution >= 0.6 is 0 Å². The summed E-state index contributed by atoms with van der Waals surface area (Å²) in [5.41, 5.74) is 1.11. The summed E-state index contributed by atoms with van der Waals surface area (Å²) in [6.45, 7) is 0.201. The number of hydrogen-bond acceptors (Lipinski definition) is 5. The number of methoxy groups -OCH3 is 1. The molecule has 2 aromatic rings. The van der Waals surface area contributed by atoms with Gasteiger partial charge in [-0.15, -0.1) is 0 Å². The van der Waals surface area contributed by atoms with Crippen molar-refractivity contribution in [1.29, 1.82) is 0 Å². The number of aryl methyl sites for hydroxylation is 1. The van der Waals surface area contributed by atoms with Gasteiger partial charge in [0.05, 0.1) is 7.11 Å². The van der Waals surface area contributed by atoms with Crippen LogP contribution in [0.3, 0.4) is 0 Å².